The summed E-state index contributed by atoms with van der Waals surface area (Å²) in [6.45, 7) is 11.0. The zero-order chi connectivity index (χ0) is 25.7. The van der Waals surface area contributed by atoms with Gasteiger partial charge in [-0.15, -0.1) is 0 Å². The number of anilines is 1. The quantitative estimate of drug-likeness (QED) is 0.581. The Labute approximate surface area is 204 Å². The maximum atomic E-state index is 13.6. The lowest BCUT2D eigenvalue weighted by molar-refractivity contribution is -0.140. The monoisotopic (exact) mass is 487 g/mol. The summed E-state index contributed by atoms with van der Waals surface area (Å²) < 4.78 is 26.7. The van der Waals surface area contributed by atoms with E-state index < -0.39 is 34.1 Å². The van der Waals surface area contributed by atoms with Crippen LogP contribution in [0.1, 0.15) is 58.6 Å². The van der Waals surface area contributed by atoms with Crippen LogP contribution in [0, 0.1) is 0 Å². The van der Waals surface area contributed by atoms with E-state index in [1.807, 2.05) is 77.1 Å². The number of nitrogens with zero attached hydrogens (tertiary/aromatic N) is 2. The molecule has 0 spiro atoms. The van der Waals surface area contributed by atoms with E-state index in [4.69, 9.17) is 0 Å². The molecular weight excluding hydrogens is 450 g/mol. The van der Waals surface area contributed by atoms with E-state index >= 15 is 0 Å². The average Bonchev–Trinajstić information content (AvgIpc) is 2.74. The van der Waals surface area contributed by atoms with Crippen LogP contribution in [0.15, 0.2) is 54.6 Å². The Kier molecular flexibility index (Phi) is 8.89. The van der Waals surface area contributed by atoms with Crippen molar-refractivity contribution in [3.63, 3.8) is 0 Å². The third-order valence-electron chi connectivity index (χ3n) is 5.37. The fourth-order valence-electron chi connectivity index (χ4n) is 3.63. The van der Waals surface area contributed by atoms with Gasteiger partial charge in [0.15, 0.2) is 0 Å². The first-order valence-electron chi connectivity index (χ1n) is 11.4. The Morgan fingerprint density at radius 3 is 2.03 bits per heavy atom. The van der Waals surface area contributed by atoms with Gasteiger partial charge in [0.2, 0.25) is 21.8 Å². The minimum atomic E-state index is -3.76. The van der Waals surface area contributed by atoms with Gasteiger partial charge in [-0.05, 0) is 50.8 Å². The summed E-state index contributed by atoms with van der Waals surface area (Å²) in [6, 6.07) is 15.7. The average molecular weight is 488 g/mol. The Hall–Kier alpha value is -2.87. The van der Waals surface area contributed by atoms with Crippen molar-refractivity contribution in [2.75, 3.05) is 17.1 Å². The van der Waals surface area contributed by atoms with Crippen molar-refractivity contribution < 1.29 is 18.0 Å². The lowest BCUT2D eigenvalue weighted by atomic mass is 10.0. The number of nitrogens with one attached hydrogen (secondary N) is 1. The second kappa shape index (κ2) is 11.0. The lowest BCUT2D eigenvalue weighted by Crippen LogP contribution is -2.54. The van der Waals surface area contributed by atoms with Crippen LogP contribution in [0.3, 0.4) is 0 Å². The number of para-hydroxylation sites is 1. The van der Waals surface area contributed by atoms with E-state index in [-0.39, 0.29) is 18.4 Å². The number of amides is 2. The normalized spacial score (nSPS) is 12.8. The minimum Gasteiger partial charge on any atom is -0.350 e. The first-order valence-corrected chi connectivity index (χ1v) is 13.3. The molecule has 1 unspecified atom stereocenters. The highest BCUT2D eigenvalue weighted by molar-refractivity contribution is 7.92. The van der Waals surface area contributed by atoms with Crippen LogP contribution in [0.4, 0.5) is 5.69 Å². The predicted octanol–water partition coefficient (Wildman–Crippen LogP) is 3.91. The Bertz CT molecular complexity index is 1090. The van der Waals surface area contributed by atoms with E-state index in [1.165, 1.54) is 4.90 Å². The number of benzene rings is 2. The lowest BCUT2D eigenvalue weighted by Gasteiger charge is -2.33. The largest absolute Gasteiger partial charge is 0.350 e. The molecule has 186 valence electrons. The number of hydrogen-bond acceptors (Lipinski definition) is 4. The van der Waals surface area contributed by atoms with Gasteiger partial charge in [-0.25, -0.2) is 8.42 Å². The maximum Gasteiger partial charge on any atom is 0.244 e. The van der Waals surface area contributed by atoms with Crippen LogP contribution < -0.4 is 9.62 Å². The van der Waals surface area contributed by atoms with Crippen molar-refractivity contribution in [2.24, 2.45) is 0 Å². The summed E-state index contributed by atoms with van der Waals surface area (Å²) in [5, 5.41) is 2.91. The molecule has 0 radical (unpaired) electrons. The molecule has 1 atom stereocenters. The molecule has 2 aromatic carbocycles. The first-order chi connectivity index (χ1) is 15.7. The van der Waals surface area contributed by atoms with E-state index in [0.29, 0.717) is 5.69 Å². The second-order valence-electron chi connectivity index (χ2n) is 9.91. The molecule has 2 aromatic rings. The van der Waals surface area contributed by atoms with Gasteiger partial charge in [0, 0.05) is 12.1 Å². The number of sulfonamides is 1. The summed E-state index contributed by atoms with van der Waals surface area (Å²) in [5.41, 5.74) is 1.68. The van der Waals surface area contributed by atoms with Crippen LogP contribution in [0.25, 0.3) is 0 Å². The molecule has 1 N–H and O–H groups in total. The third kappa shape index (κ3) is 7.58. The second-order valence-corrected chi connectivity index (χ2v) is 11.8. The fraction of sp³-hybridized carbons (Fsp3) is 0.462. The van der Waals surface area contributed by atoms with Gasteiger partial charge >= 0.3 is 0 Å². The van der Waals surface area contributed by atoms with Crippen molar-refractivity contribution >= 4 is 27.5 Å². The van der Waals surface area contributed by atoms with Gasteiger partial charge in [-0.2, -0.15) is 0 Å². The highest BCUT2D eigenvalue weighted by atomic mass is 32.2. The number of hydrogen-bond donors (Lipinski definition) is 1. The smallest absolute Gasteiger partial charge is 0.244 e. The molecular formula is C26H37N3O4S. The van der Waals surface area contributed by atoms with Crippen molar-refractivity contribution in [1.29, 1.82) is 0 Å². The third-order valence-corrected chi connectivity index (χ3v) is 6.49. The molecule has 0 saturated heterocycles. The first kappa shape index (κ1) is 27.4. The molecule has 2 rings (SSSR count). The molecule has 0 aliphatic heterocycles. The zero-order valence-corrected chi connectivity index (χ0v) is 22.0. The Balaban J connectivity index is 2.45. The molecule has 34 heavy (non-hydrogen) atoms. The van der Waals surface area contributed by atoms with Crippen molar-refractivity contribution in [3.05, 3.63) is 65.7 Å². The molecule has 2 amide bonds. The molecule has 0 aromatic heterocycles. The molecule has 0 bridgehead atoms. The van der Waals surface area contributed by atoms with Crippen LogP contribution in [0.5, 0.6) is 0 Å². The van der Waals surface area contributed by atoms with Crippen LogP contribution in [-0.4, -0.2) is 49.5 Å². The van der Waals surface area contributed by atoms with E-state index in [9.17, 15) is 18.0 Å². The van der Waals surface area contributed by atoms with E-state index in [2.05, 4.69) is 5.32 Å². The number of carbonyl (C=O) groups is 2. The molecule has 0 saturated carbocycles. The number of rotatable bonds is 9. The highest BCUT2D eigenvalue weighted by Gasteiger charge is 2.32. The maximum absolute atomic E-state index is 13.6. The Morgan fingerprint density at radius 2 is 1.50 bits per heavy atom. The van der Waals surface area contributed by atoms with Gasteiger partial charge in [0.25, 0.3) is 0 Å². The summed E-state index contributed by atoms with van der Waals surface area (Å²) in [4.78, 5) is 28.0. The van der Waals surface area contributed by atoms with Crippen molar-refractivity contribution in [2.45, 2.75) is 65.6 Å². The van der Waals surface area contributed by atoms with Crippen LogP contribution in [-0.2, 0) is 26.2 Å². The number of carbonyl (C=O) groups excluding carboxylic acids is 2. The van der Waals surface area contributed by atoms with Gasteiger partial charge in [-0.1, -0.05) is 62.4 Å². The standard InChI is InChI=1S/C26H37N3O4S/c1-19(2)22-15-11-12-16-23(22)29(34(7,32)33)18-24(30)28(17-21-13-9-8-10-14-21)20(3)25(31)27-26(4,5)6/h8-16,19-20H,17-18H2,1-7H3,(H,27,31). The van der Waals surface area contributed by atoms with E-state index in [0.717, 1.165) is 21.7 Å². The van der Waals surface area contributed by atoms with Crippen LogP contribution in [0.2, 0.25) is 0 Å². The molecule has 0 fully saturated rings. The van der Waals surface area contributed by atoms with Crippen molar-refractivity contribution in [3.8, 4) is 0 Å². The SMILES string of the molecule is CC(C)c1ccccc1N(CC(=O)N(Cc1ccccc1)C(C)C(=O)NC(C)(C)C)S(C)(=O)=O. The van der Waals surface area contributed by atoms with Gasteiger partial charge in [0.1, 0.15) is 12.6 Å². The molecule has 0 aliphatic rings. The summed E-state index contributed by atoms with van der Waals surface area (Å²) in [6.07, 6.45) is 1.09. The van der Waals surface area contributed by atoms with E-state index in [1.54, 1.807) is 19.1 Å². The predicted molar refractivity (Wildman–Crippen MR) is 137 cm³/mol. The van der Waals surface area contributed by atoms with Crippen molar-refractivity contribution in [1.82, 2.24) is 10.2 Å². The molecule has 8 heteroatoms. The van der Waals surface area contributed by atoms with Crippen LogP contribution >= 0.6 is 0 Å². The minimum absolute atomic E-state index is 0.0625. The zero-order valence-electron chi connectivity index (χ0n) is 21.2. The van der Waals surface area contributed by atoms with Gasteiger partial charge in [0.05, 0.1) is 11.9 Å². The summed E-state index contributed by atoms with van der Waals surface area (Å²) >= 11 is 0. The summed E-state index contributed by atoms with van der Waals surface area (Å²) in [7, 11) is -3.76. The summed E-state index contributed by atoms with van der Waals surface area (Å²) in [5.74, 6) is -0.692. The fourth-order valence-corrected chi connectivity index (χ4v) is 4.50. The molecule has 0 aliphatic carbocycles. The van der Waals surface area contributed by atoms with Gasteiger partial charge in [-0.3, -0.25) is 13.9 Å². The Morgan fingerprint density at radius 1 is 0.941 bits per heavy atom. The topological polar surface area (TPSA) is 86.8 Å². The molecule has 7 nitrogen and oxygen atoms in total. The van der Waals surface area contributed by atoms with Gasteiger partial charge < -0.3 is 10.2 Å². The molecule has 0 heterocycles. The highest BCUT2D eigenvalue weighted by Crippen LogP contribution is 2.29.